The minimum atomic E-state index is -3.72. The SMILES string of the molecule is CN(C)CCN(C(=O)C1CCCN(S(=O)(=O)c2ccc(Cl)s2)C1)c1nc2c(F)cccc2s1. The number of thiophene rings is 1. The molecule has 7 nitrogen and oxygen atoms in total. The smallest absolute Gasteiger partial charge is 0.252 e. The van der Waals surface area contributed by atoms with Crippen molar-refractivity contribution < 1.29 is 17.6 Å². The van der Waals surface area contributed by atoms with Gasteiger partial charge in [0.15, 0.2) is 5.13 Å². The zero-order valence-electron chi connectivity index (χ0n) is 18.2. The van der Waals surface area contributed by atoms with Gasteiger partial charge in [0.1, 0.15) is 15.5 Å². The Morgan fingerprint density at radius 3 is 2.70 bits per heavy atom. The van der Waals surface area contributed by atoms with E-state index in [1.165, 1.54) is 27.8 Å². The molecule has 1 atom stereocenters. The van der Waals surface area contributed by atoms with Crippen molar-refractivity contribution >= 4 is 65.6 Å². The number of nitrogens with zero attached hydrogens (tertiary/aromatic N) is 4. The average Bonchev–Trinajstić information content (AvgIpc) is 3.41. The molecule has 33 heavy (non-hydrogen) atoms. The molecule has 1 aliphatic rings. The summed E-state index contributed by atoms with van der Waals surface area (Å²) in [5, 5.41) is 0.423. The van der Waals surface area contributed by atoms with Gasteiger partial charge in [0.2, 0.25) is 5.91 Å². The lowest BCUT2D eigenvalue weighted by atomic mass is 9.98. The lowest BCUT2D eigenvalue weighted by Crippen LogP contribution is -2.48. The Bertz CT molecular complexity index is 1260. The van der Waals surface area contributed by atoms with Crippen LogP contribution >= 0.6 is 34.3 Å². The highest BCUT2D eigenvalue weighted by molar-refractivity contribution is 7.91. The molecule has 1 aliphatic heterocycles. The molecule has 0 bridgehead atoms. The van der Waals surface area contributed by atoms with Crippen LogP contribution in [-0.2, 0) is 14.8 Å². The molecule has 12 heteroatoms. The lowest BCUT2D eigenvalue weighted by molar-refractivity contribution is -0.123. The second kappa shape index (κ2) is 9.93. The summed E-state index contributed by atoms with van der Waals surface area (Å²) < 4.78 is 43.0. The van der Waals surface area contributed by atoms with Crippen molar-refractivity contribution in [2.75, 3.05) is 45.2 Å². The molecule has 1 aromatic carbocycles. The maximum absolute atomic E-state index is 14.2. The number of para-hydroxylation sites is 1. The van der Waals surface area contributed by atoms with Gasteiger partial charge in [-0.05, 0) is 51.2 Å². The number of hydrogen-bond donors (Lipinski definition) is 0. The Balaban J connectivity index is 1.60. The van der Waals surface area contributed by atoms with Crippen LogP contribution in [0.15, 0.2) is 34.5 Å². The number of piperidine rings is 1. The third kappa shape index (κ3) is 5.23. The van der Waals surface area contributed by atoms with Crippen LogP contribution in [0.4, 0.5) is 9.52 Å². The summed E-state index contributed by atoms with van der Waals surface area (Å²) in [5.41, 5.74) is 0.238. The zero-order valence-corrected chi connectivity index (χ0v) is 21.4. The Morgan fingerprint density at radius 1 is 1.24 bits per heavy atom. The second-order valence-corrected chi connectivity index (χ2v) is 13.0. The second-order valence-electron chi connectivity index (χ2n) is 8.14. The van der Waals surface area contributed by atoms with E-state index in [-0.39, 0.29) is 22.2 Å². The topological polar surface area (TPSA) is 73.8 Å². The number of halogens is 2. The third-order valence-corrected chi connectivity index (χ3v) is 10.1. The molecule has 1 unspecified atom stereocenters. The summed E-state index contributed by atoms with van der Waals surface area (Å²) in [6.45, 7) is 1.41. The van der Waals surface area contributed by atoms with Gasteiger partial charge in [-0.15, -0.1) is 11.3 Å². The standard InChI is InChI=1S/C21H24ClFN4O3S3/c1-25(2)11-12-27(21-24-19-15(23)6-3-7-16(19)31-21)20(28)14-5-4-10-26(13-14)33(29,30)18-9-8-17(22)32-18/h3,6-9,14H,4-5,10-13H2,1-2H3. The Kier molecular flexibility index (Phi) is 7.37. The molecule has 3 aromatic rings. The lowest BCUT2D eigenvalue weighted by Gasteiger charge is -2.33. The van der Waals surface area contributed by atoms with Gasteiger partial charge < -0.3 is 4.90 Å². The number of amides is 1. The van der Waals surface area contributed by atoms with Gasteiger partial charge in [0.05, 0.1) is 15.0 Å². The summed E-state index contributed by atoms with van der Waals surface area (Å²) in [5.74, 6) is -1.14. The maximum Gasteiger partial charge on any atom is 0.252 e. The minimum absolute atomic E-state index is 0.0917. The molecule has 3 heterocycles. The van der Waals surface area contributed by atoms with E-state index < -0.39 is 21.8 Å². The van der Waals surface area contributed by atoms with Crippen molar-refractivity contribution in [2.45, 2.75) is 17.1 Å². The molecule has 0 N–H and O–H groups in total. The van der Waals surface area contributed by atoms with Crippen LogP contribution in [0.25, 0.3) is 10.2 Å². The fourth-order valence-electron chi connectivity index (χ4n) is 3.77. The fraction of sp³-hybridized carbons (Fsp3) is 0.429. The van der Waals surface area contributed by atoms with Crippen LogP contribution in [-0.4, -0.2) is 68.8 Å². The monoisotopic (exact) mass is 530 g/mol. The summed E-state index contributed by atoms with van der Waals surface area (Å²) >= 11 is 8.20. The van der Waals surface area contributed by atoms with Crippen molar-refractivity contribution in [1.29, 1.82) is 0 Å². The quantitative estimate of drug-likeness (QED) is 0.459. The first kappa shape index (κ1) is 24.5. The van der Waals surface area contributed by atoms with Crippen molar-refractivity contribution in [2.24, 2.45) is 5.92 Å². The number of likely N-dealkylation sites (N-methyl/N-ethyl adjacent to an activating group) is 1. The zero-order chi connectivity index (χ0) is 23.8. The molecule has 178 valence electrons. The number of rotatable bonds is 7. The molecule has 0 aliphatic carbocycles. The first-order valence-corrected chi connectivity index (χ1v) is 13.9. The number of anilines is 1. The maximum atomic E-state index is 14.2. The van der Waals surface area contributed by atoms with E-state index >= 15 is 0 Å². The average molecular weight is 531 g/mol. The highest BCUT2D eigenvalue weighted by Crippen LogP contribution is 2.34. The van der Waals surface area contributed by atoms with Gasteiger partial charge >= 0.3 is 0 Å². The van der Waals surface area contributed by atoms with Crippen molar-refractivity contribution in [3.63, 3.8) is 0 Å². The highest BCUT2D eigenvalue weighted by Gasteiger charge is 2.36. The molecular formula is C21H24ClFN4O3S3. The fourth-order valence-corrected chi connectivity index (χ4v) is 7.94. The summed E-state index contributed by atoms with van der Waals surface area (Å²) in [6.07, 6.45) is 1.15. The van der Waals surface area contributed by atoms with E-state index in [1.807, 2.05) is 19.0 Å². The number of thiazole rings is 1. The Labute approximate surface area is 205 Å². The van der Waals surface area contributed by atoms with Crippen LogP contribution < -0.4 is 4.90 Å². The van der Waals surface area contributed by atoms with Crippen molar-refractivity contribution in [1.82, 2.24) is 14.2 Å². The van der Waals surface area contributed by atoms with Gasteiger partial charge in [-0.3, -0.25) is 9.69 Å². The number of benzene rings is 1. The minimum Gasteiger partial charge on any atom is -0.308 e. The molecule has 1 saturated heterocycles. The van der Waals surface area contributed by atoms with Gasteiger partial charge in [0, 0.05) is 26.2 Å². The Hall–Kier alpha value is -1.63. The predicted octanol–water partition coefficient (Wildman–Crippen LogP) is 4.15. The Morgan fingerprint density at radius 2 is 2.03 bits per heavy atom. The van der Waals surface area contributed by atoms with Crippen molar-refractivity contribution in [3.8, 4) is 0 Å². The molecular weight excluding hydrogens is 507 g/mol. The molecule has 0 saturated carbocycles. The van der Waals surface area contributed by atoms with E-state index in [0.717, 1.165) is 11.3 Å². The van der Waals surface area contributed by atoms with Crippen LogP contribution in [0, 0.1) is 11.7 Å². The summed E-state index contributed by atoms with van der Waals surface area (Å²) in [6, 6.07) is 7.79. The molecule has 1 fully saturated rings. The van der Waals surface area contributed by atoms with Gasteiger partial charge in [-0.2, -0.15) is 4.31 Å². The van der Waals surface area contributed by atoms with E-state index in [1.54, 1.807) is 23.1 Å². The number of sulfonamides is 1. The third-order valence-electron chi connectivity index (χ3n) is 5.50. The van der Waals surface area contributed by atoms with Crippen molar-refractivity contribution in [3.05, 3.63) is 40.5 Å². The van der Waals surface area contributed by atoms with E-state index in [9.17, 15) is 17.6 Å². The van der Waals surface area contributed by atoms with Gasteiger partial charge in [-0.1, -0.05) is 29.0 Å². The highest BCUT2D eigenvalue weighted by atomic mass is 35.5. The molecule has 1 amide bonds. The number of hydrogen-bond acceptors (Lipinski definition) is 7. The predicted molar refractivity (Wildman–Crippen MR) is 131 cm³/mol. The van der Waals surface area contributed by atoms with E-state index in [2.05, 4.69) is 4.98 Å². The number of carbonyl (C=O) groups is 1. The first-order valence-electron chi connectivity index (χ1n) is 10.4. The number of aromatic nitrogens is 1. The molecule has 2 aromatic heterocycles. The molecule has 0 spiro atoms. The van der Waals surface area contributed by atoms with Crippen LogP contribution in [0.2, 0.25) is 4.34 Å². The van der Waals surface area contributed by atoms with Gasteiger partial charge in [0.25, 0.3) is 10.0 Å². The van der Waals surface area contributed by atoms with E-state index in [4.69, 9.17) is 11.6 Å². The van der Waals surface area contributed by atoms with E-state index in [0.29, 0.717) is 46.6 Å². The van der Waals surface area contributed by atoms with Crippen LogP contribution in [0.5, 0.6) is 0 Å². The largest absolute Gasteiger partial charge is 0.308 e. The summed E-state index contributed by atoms with van der Waals surface area (Å²) in [7, 11) is 0.0850. The normalized spacial score (nSPS) is 17.7. The first-order chi connectivity index (χ1) is 15.7. The number of carbonyl (C=O) groups excluding carboxylic acids is 1. The van der Waals surface area contributed by atoms with Gasteiger partial charge in [-0.25, -0.2) is 17.8 Å². The summed E-state index contributed by atoms with van der Waals surface area (Å²) in [4.78, 5) is 21.6. The van der Waals surface area contributed by atoms with Crippen LogP contribution in [0.1, 0.15) is 12.8 Å². The molecule has 4 rings (SSSR count). The molecule has 0 radical (unpaired) electrons. The number of fused-ring (bicyclic) bond motifs is 1. The van der Waals surface area contributed by atoms with Crippen LogP contribution in [0.3, 0.4) is 0 Å².